The van der Waals surface area contributed by atoms with Crippen molar-refractivity contribution in [3.05, 3.63) is 29.8 Å². The molecule has 1 aromatic rings. The zero-order valence-electron chi connectivity index (χ0n) is 13.5. The molecule has 0 saturated heterocycles. The van der Waals surface area contributed by atoms with Crippen LogP contribution in [0.3, 0.4) is 0 Å². The molecule has 1 unspecified atom stereocenters. The molecule has 1 atom stereocenters. The highest BCUT2D eigenvalue weighted by molar-refractivity contribution is 5.79. The molecular formula is C17H25F2NO2. The van der Waals surface area contributed by atoms with Crippen LogP contribution in [0.4, 0.5) is 8.78 Å². The highest BCUT2D eigenvalue weighted by Gasteiger charge is 2.18. The summed E-state index contributed by atoms with van der Waals surface area (Å²) in [4.78, 5) is 14.4. The van der Waals surface area contributed by atoms with Crippen molar-refractivity contribution in [3.63, 3.8) is 0 Å². The van der Waals surface area contributed by atoms with Gasteiger partial charge in [-0.15, -0.1) is 0 Å². The van der Waals surface area contributed by atoms with E-state index in [1.165, 1.54) is 12.1 Å². The molecule has 0 aliphatic rings. The maximum absolute atomic E-state index is 12.5. The van der Waals surface area contributed by atoms with Gasteiger partial charge in [-0.2, -0.15) is 8.78 Å². The van der Waals surface area contributed by atoms with E-state index in [2.05, 4.69) is 18.6 Å². The molecule has 22 heavy (non-hydrogen) atoms. The second kappa shape index (κ2) is 9.38. The Morgan fingerprint density at radius 3 is 2.36 bits per heavy atom. The van der Waals surface area contributed by atoms with Crippen LogP contribution in [-0.4, -0.2) is 30.0 Å². The molecule has 0 aliphatic heterocycles. The Hall–Kier alpha value is -1.65. The van der Waals surface area contributed by atoms with Gasteiger partial charge in [0, 0.05) is 12.6 Å². The van der Waals surface area contributed by atoms with E-state index in [9.17, 15) is 13.6 Å². The van der Waals surface area contributed by atoms with E-state index in [1.807, 2.05) is 11.8 Å². The van der Waals surface area contributed by atoms with Crippen LogP contribution >= 0.6 is 0 Å². The van der Waals surface area contributed by atoms with Crippen LogP contribution in [0.15, 0.2) is 24.3 Å². The molecule has 0 aromatic heterocycles. The van der Waals surface area contributed by atoms with Crippen molar-refractivity contribution < 1.29 is 18.3 Å². The summed E-state index contributed by atoms with van der Waals surface area (Å²) in [6.07, 6.45) is 3.22. The minimum atomic E-state index is -2.83. The van der Waals surface area contributed by atoms with Crippen LogP contribution in [0.1, 0.15) is 45.6 Å². The Kier molecular flexibility index (Phi) is 7.85. The molecule has 3 nitrogen and oxygen atoms in total. The zero-order chi connectivity index (χ0) is 16.5. The average Bonchev–Trinajstić information content (AvgIpc) is 2.48. The van der Waals surface area contributed by atoms with Crippen LogP contribution < -0.4 is 4.74 Å². The lowest BCUT2D eigenvalue weighted by Crippen LogP contribution is -2.40. The van der Waals surface area contributed by atoms with Gasteiger partial charge in [0.1, 0.15) is 5.75 Å². The molecule has 5 heteroatoms. The highest BCUT2D eigenvalue weighted by atomic mass is 19.3. The van der Waals surface area contributed by atoms with Gasteiger partial charge in [-0.1, -0.05) is 32.4 Å². The summed E-state index contributed by atoms with van der Waals surface area (Å²) >= 11 is 0. The van der Waals surface area contributed by atoms with Gasteiger partial charge >= 0.3 is 6.61 Å². The predicted octanol–water partition coefficient (Wildman–Crippen LogP) is 4.26. The Morgan fingerprint density at radius 2 is 1.86 bits per heavy atom. The SMILES string of the molecule is CCCCN(C(=O)Cc1ccc(OC(F)F)cc1)C(C)CC. The minimum absolute atomic E-state index is 0.0744. The summed E-state index contributed by atoms with van der Waals surface area (Å²) in [5, 5.41) is 0. The molecule has 124 valence electrons. The fourth-order valence-electron chi connectivity index (χ4n) is 2.20. The van der Waals surface area contributed by atoms with E-state index in [4.69, 9.17) is 0 Å². The summed E-state index contributed by atoms with van der Waals surface area (Å²) in [7, 11) is 0. The van der Waals surface area contributed by atoms with E-state index in [-0.39, 0.29) is 24.1 Å². The molecule has 0 N–H and O–H groups in total. The highest BCUT2D eigenvalue weighted by Crippen LogP contribution is 2.16. The lowest BCUT2D eigenvalue weighted by Gasteiger charge is -2.28. The van der Waals surface area contributed by atoms with Gasteiger partial charge in [0.25, 0.3) is 0 Å². The Bertz CT molecular complexity index is 448. The molecule has 1 amide bonds. The maximum Gasteiger partial charge on any atom is 0.387 e. The summed E-state index contributed by atoms with van der Waals surface area (Å²) in [5.41, 5.74) is 0.802. The second-order valence-corrected chi connectivity index (χ2v) is 5.40. The van der Waals surface area contributed by atoms with Crippen LogP contribution in [0.5, 0.6) is 5.75 Å². The van der Waals surface area contributed by atoms with Crippen LogP contribution in [-0.2, 0) is 11.2 Å². The lowest BCUT2D eigenvalue weighted by atomic mass is 10.1. The molecule has 1 rings (SSSR count). The lowest BCUT2D eigenvalue weighted by molar-refractivity contribution is -0.132. The number of ether oxygens (including phenoxy) is 1. The maximum atomic E-state index is 12.5. The largest absolute Gasteiger partial charge is 0.435 e. The Balaban J connectivity index is 2.67. The summed E-state index contributed by atoms with van der Waals surface area (Å²) in [6.45, 7) is 4.14. The van der Waals surface area contributed by atoms with Gasteiger partial charge < -0.3 is 9.64 Å². The van der Waals surface area contributed by atoms with Crippen molar-refractivity contribution >= 4 is 5.91 Å². The number of hydrogen-bond acceptors (Lipinski definition) is 2. The quantitative estimate of drug-likeness (QED) is 0.682. The molecule has 0 radical (unpaired) electrons. The fourth-order valence-corrected chi connectivity index (χ4v) is 2.20. The van der Waals surface area contributed by atoms with Crippen molar-refractivity contribution in [2.24, 2.45) is 0 Å². The first-order valence-corrected chi connectivity index (χ1v) is 7.81. The Labute approximate surface area is 131 Å². The molecule has 1 aromatic carbocycles. The molecule has 0 spiro atoms. The van der Waals surface area contributed by atoms with Gasteiger partial charge in [-0.25, -0.2) is 0 Å². The summed E-state index contributed by atoms with van der Waals surface area (Å²) in [6, 6.07) is 6.46. The first kappa shape index (κ1) is 18.4. The van der Waals surface area contributed by atoms with Crippen molar-refractivity contribution in [3.8, 4) is 5.75 Å². The zero-order valence-corrected chi connectivity index (χ0v) is 13.5. The number of carbonyl (C=O) groups is 1. The third-order valence-electron chi connectivity index (χ3n) is 3.70. The number of benzene rings is 1. The number of rotatable bonds is 9. The topological polar surface area (TPSA) is 29.5 Å². The van der Waals surface area contributed by atoms with Crippen molar-refractivity contribution in [2.45, 2.75) is 59.1 Å². The number of unbranched alkanes of at least 4 members (excludes halogenated alkanes) is 1. The molecule has 0 fully saturated rings. The van der Waals surface area contributed by atoms with Crippen molar-refractivity contribution in [2.75, 3.05) is 6.54 Å². The van der Waals surface area contributed by atoms with E-state index in [0.717, 1.165) is 31.4 Å². The third-order valence-corrected chi connectivity index (χ3v) is 3.70. The molecule has 0 saturated carbocycles. The van der Waals surface area contributed by atoms with Gasteiger partial charge in [-0.05, 0) is 37.5 Å². The molecule has 0 aliphatic carbocycles. The van der Waals surface area contributed by atoms with Crippen LogP contribution in [0.2, 0.25) is 0 Å². The first-order chi connectivity index (χ1) is 10.5. The molecular weight excluding hydrogens is 288 g/mol. The second-order valence-electron chi connectivity index (χ2n) is 5.40. The average molecular weight is 313 g/mol. The van der Waals surface area contributed by atoms with Crippen molar-refractivity contribution in [1.29, 1.82) is 0 Å². The number of carbonyl (C=O) groups excluding carboxylic acids is 1. The number of halogens is 2. The molecule has 0 bridgehead atoms. The van der Waals surface area contributed by atoms with Gasteiger partial charge in [0.15, 0.2) is 0 Å². The fraction of sp³-hybridized carbons (Fsp3) is 0.588. The smallest absolute Gasteiger partial charge is 0.387 e. The number of hydrogen-bond donors (Lipinski definition) is 0. The van der Waals surface area contributed by atoms with Gasteiger partial charge in [0.05, 0.1) is 6.42 Å². The third kappa shape index (κ3) is 6.00. The minimum Gasteiger partial charge on any atom is -0.435 e. The monoisotopic (exact) mass is 313 g/mol. The Morgan fingerprint density at radius 1 is 1.23 bits per heavy atom. The number of nitrogens with zero attached hydrogens (tertiary/aromatic N) is 1. The summed E-state index contributed by atoms with van der Waals surface area (Å²) in [5.74, 6) is 0.182. The first-order valence-electron chi connectivity index (χ1n) is 7.81. The standard InChI is InChI=1S/C17H25F2NO2/c1-4-6-11-20(13(3)5-2)16(21)12-14-7-9-15(10-8-14)22-17(18)19/h7-10,13,17H,4-6,11-12H2,1-3H3. The van der Waals surface area contributed by atoms with Crippen LogP contribution in [0.25, 0.3) is 0 Å². The van der Waals surface area contributed by atoms with E-state index >= 15 is 0 Å². The number of alkyl halides is 2. The normalized spacial score (nSPS) is 12.3. The summed E-state index contributed by atoms with van der Waals surface area (Å²) < 4.78 is 28.5. The van der Waals surface area contributed by atoms with E-state index in [0.29, 0.717) is 0 Å². The van der Waals surface area contributed by atoms with E-state index in [1.54, 1.807) is 12.1 Å². The van der Waals surface area contributed by atoms with Gasteiger partial charge in [0.2, 0.25) is 5.91 Å². The predicted molar refractivity (Wildman–Crippen MR) is 83.2 cm³/mol. The number of amides is 1. The van der Waals surface area contributed by atoms with Crippen molar-refractivity contribution in [1.82, 2.24) is 4.90 Å². The molecule has 0 heterocycles. The van der Waals surface area contributed by atoms with E-state index < -0.39 is 6.61 Å². The van der Waals surface area contributed by atoms with Gasteiger partial charge in [-0.3, -0.25) is 4.79 Å². The van der Waals surface area contributed by atoms with Crippen LogP contribution in [0, 0.1) is 0 Å².